The zero-order valence-electron chi connectivity index (χ0n) is 11.3. The minimum atomic E-state index is -0.701. The fraction of sp³-hybridized carbons (Fsp3) is 0.385. The number of hydrogen-bond acceptors (Lipinski definition) is 5. The van der Waals surface area contributed by atoms with Crippen molar-refractivity contribution < 1.29 is 14.3 Å². The van der Waals surface area contributed by atoms with Crippen LogP contribution in [0.1, 0.15) is 5.56 Å². The molecule has 0 aliphatic rings. The van der Waals surface area contributed by atoms with Gasteiger partial charge >= 0.3 is 5.97 Å². The van der Waals surface area contributed by atoms with Gasteiger partial charge in [0.25, 0.3) is 0 Å². The summed E-state index contributed by atoms with van der Waals surface area (Å²) in [6.45, 7) is 1.95. The van der Waals surface area contributed by atoms with E-state index in [1.807, 2.05) is 25.1 Å². The number of aryl methyl sites for hydroxylation is 1. The Morgan fingerprint density at radius 3 is 2.80 bits per heavy atom. The van der Waals surface area contributed by atoms with Gasteiger partial charge in [-0.25, -0.2) is 0 Å². The van der Waals surface area contributed by atoms with Gasteiger partial charge in [-0.15, -0.1) is 11.8 Å². The number of thioether (sulfide) groups is 1. The van der Waals surface area contributed by atoms with Gasteiger partial charge in [-0.2, -0.15) is 0 Å². The molecule has 1 unspecified atom stereocenters. The van der Waals surface area contributed by atoms with Crippen molar-refractivity contribution in [2.75, 3.05) is 23.9 Å². The molecular formula is C13H17BrN2O3S. The van der Waals surface area contributed by atoms with E-state index in [0.717, 1.165) is 15.7 Å². The quantitative estimate of drug-likeness (QED) is 0.757. The Morgan fingerprint density at radius 2 is 2.20 bits per heavy atom. The lowest BCUT2D eigenvalue weighted by molar-refractivity contribution is -0.141. The highest BCUT2D eigenvalue weighted by molar-refractivity contribution is 9.10. The van der Waals surface area contributed by atoms with Crippen LogP contribution in [-0.4, -0.2) is 36.5 Å². The van der Waals surface area contributed by atoms with Crippen molar-refractivity contribution in [3.63, 3.8) is 0 Å². The average Bonchev–Trinajstić information content (AvgIpc) is 2.41. The summed E-state index contributed by atoms with van der Waals surface area (Å²) in [6, 6.07) is 4.88. The van der Waals surface area contributed by atoms with Crippen LogP contribution in [0.3, 0.4) is 0 Å². The summed E-state index contributed by atoms with van der Waals surface area (Å²) < 4.78 is 5.50. The highest BCUT2D eigenvalue weighted by Crippen LogP contribution is 2.20. The largest absolute Gasteiger partial charge is 0.468 e. The van der Waals surface area contributed by atoms with Crippen LogP contribution in [0.25, 0.3) is 0 Å². The third-order valence-electron chi connectivity index (χ3n) is 2.48. The Labute approximate surface area is 130 Å². The molecule has 0 spiro atoms. The molecule has 0 bridgehead atoms. The first-order valence-electron chi connectivity index (χ1n) is 5.91. The molecule has 1 atom stereocenters. The van der Waals surface area contributed by atoms with Crippen molar-refractivity contribution in [1.29, 1.82) is 0 Å². The molecule has 110 valence electrons. The highest BCUT2D eigenvalue weighted by atomic mass is 79.9. The van der Waals surface area contributed by atoms with Gasteiger partial charge in [0.15, 0.2) is 0 Å². The lowest BCUT2D eigenvalue weighted by atomic mass is 10.2. The number of benzene rings is 1. The molecule has 0 saturated heterocycles. The lowest BCUT2D eigenvalue weighted by Crippen LogP contribution is -2.34. The summed E-state index contributed by atoms with van der Waals surface area (Å²) in [4.78, 5) is 22.8. The molecule has 0 aliphatic heterocycles. The van der Waals surface area contributed by atoms with Crippen LogP contribution in [-0.2, 0) is 14.3 Å². The minimum absolute atomic E-state index is 0.131. The molecule has 20 heavy (non-hydrogen) atoms. The van der Waals surface area contributed by atoms with E-state index in [0.29, 0.717) is 5.75 Å². The standard InChI is InChI=1S/C13H17BrN2O3S/c1-8-5-9(3-4-10(8)14)16-12(17)7-20-6-11(15)13(18)19-2/h3-5,11H,6-7,15H2,1-2H3,(H,16,17). The Hall–Kier alpha value is -1.05. The first-order chi connectivity index (χ1) is 9.43. The first-order valence-corrected chi connectivity index (χ1v) is 7.86. The van der Waals surface area contributed by atoms with E-state index in [-0.39, 0.29) is 11.7 Å². The number of amides is 1. The lowest BCUT2D eigenvalue weighted by Gasteiger charge is -2.09. The summed E-state index contributed by atoms with van der Waals surface area (Å²) in [5.74, 6) is -0.0190. The van der Waals surface area contributed by atoms with E-state index < -0.39 is 12.0 Å². The molecule has 1 amide bonds. The molecule has 5 nitrogen and oxygen atoms in total. The van der Waals surface area contributed by atoms with Gasteiger partial charge in [0, 0.05) is 15.9 Å². The number of carbonyl (C=O) groups is 2. The molecule has 0 heterocycles. The molecule has 7 heteroatoms. The maximum absolute atomic E-state index is 11.7. The maximum Gasteiger partial charge on any atom is 0.323 e. The second-order valence-corrected chi connectivity index (χ2v) is 6.04. The highest BCUT2D eigenvalue weighted by Gasteiger charge is 2.14. The number of hydrogen-bond donors (Lipinski definition) is 2. The van der Waals surface area contributed by atoms with Crippen LogP contribution in [0, 0.1) is 6.92 Å². The molecule has 0 aliphatic carbocycles. The van der Waals surface area contributed by atoms with Crippen LogP contribution in [0.15, 0.2) is 22.7 Å². The number of anilines is 1. The molecule has 3 N–H and O–H groups in total. The number of halogens is 1. The molecular weight excluding hydrogens is 344 g/mol. The monoisotopic (exact) mass is 360 g/mol. The fourth-order valence-corrected chi connectivity index (χ4v) is 2.43. The third kappa shape index (κ3) is 5.52. The maximum atomic E-state index is 11.7. The van der Waals surface area contributed by atoms with Crippen molar-refractivity contribution in [2.24, 2.45) is 5.73 Å². The van der Waals surface area contributed by atoms with Crippen molar-refractivity contribution in [2.45, 2.75) is 13.0 Å². The third-order valence-corrected chi connectivity index (χ3v) is 4.43. The summed E-state index contributed by atoms with van der Waals surface area (Å²) in [7, 11) is 1.29. The van der Waals surface area contributed by atoms with Crippen LogP contribution in [0.2, 0.25) is 0 Å². The Bertz CT molecular complexity index is 497. The van der Waals surface area contributed by atoms with E-state index in [2.05, 4.69) is 26.0 Å². The zero-order chi connectivity index (χ0) is 15.1. The van der Waals surface area contributed by atoms with E-state index in [9.17, 15) is 9.59 Å². The summed E-state index contributed by atoms with van der Waals surface area (Å²) >= 11 is 4.69. The summed E-state index contributed by atoms with van der Waals surface area (Å²) in [5, 5.41) is 2.79. The van der Waals surface area contributed by atoms with Gasteiger partial charge < -0.3 is 15.8 Å². The topological polar surface area (TPSA) is 81.4 Å². The molecule has 0 radical (unpaired) electrons. The fourth-order valence-electron chi connectivity index (χ4n) is 1.42. The van der Waals surface area contributed by atoms with Crippen LogP contribution in [0.5, 0.6) is 0 Å². The van der Waals surface area contributed by atoms with Gasteiger partial charge in [0.1, 0.15) is 6.04 Å². The number of nitrogens with one attached hydrogen (secondary N) is 1. The van der Waals surface area contributed by atoms with Crippen molar-refractivity contribution >= 4 is 45.3 Å². The Morgan fingerprint density at radius 1 is 1.50 bits per heavy atom. The van der Waals surface area contributed by atoms with E-state index >= 15 is 0 Å². The molecule has 1 aromatic rings. The normalized spacial score (nSPS) is 11.8. The number of rotatable bonds is 6. The summed E-state index contributed by atoms with van der Waals surface area (Å²) in [5.41, 5.74) is 7.36. The van der Waals surface area contributed by atoms with Crippen molar-refractivity contribution in [3.05, 3.63) is 28.2 Å². The number of ether oxygens (including phenoxy) is 1. The molecule has 1 aromatic carbocycles. The summed E-state index contributed by atoms with van der Waals surface area (Å²) in [6.07, 6.45) is 0. The van der Waals surface area contributed by atoms with Gasteiger partial charge in [-0.05, 0) is 30.7 Å². The second kappa shape index (κ2) is 8.28. The molecule has 0 saturated carbocycles. The van der Waals surface area contributed by atoms with Gasteiger partial charge in [-0.1, -0.05) is 15.9 Å². The van der Waals surface area contributed by atoms with E-state index in [1.165, 1.54) is 18.9 Å². The van der Waals surface area contributed by atoms with E-state index in [1.54, 1.807) is 0 Å². The molecule has 0 aromatic heterocycles. The number of nitrogens with two attached hydrogens (primary N) is 1. The van der Waals surface area contributed by atoms with E-state index in [4.69, 9.17) is 5.73 Å². The smallest absolute Gasteiger partial charge is 0.323 e. The van der Waals surface area contributed by atoms with Crippen LogP contribution >= 0.6 is 27.7 Å². The Kier molecular flexibility index (Phi) is 7.04. The predicted octanol–water partition coefficient (Wildman–Crippen LogP) is 1.93. The van der Waals surface area contributed by atoms with Crippen LogP contribution in [0.4, 0.5) is 5.69 Å². The molecule has 0 fully saturated rings. The average molecular weight is 361 g/mol. The second-order valence-electron chi connectivity index (χ2n) is 4.16. The zero-order valence-corrected chi connectivity index (χ0v) is 13.7. The van der Waals surface area contributed by atoms with Gasteiger partial charge in [0.2, 0.25) is 5.91 Å². The number of carbonyl (C=O) groups excluding carboxylic acids is 2. The van der Waals surface area contributed by atoms with Gasteiger partial charge in [-0.3, -0.25) is 9.59 Å². The van der Waals surface area contributed by atoms with Crippen molar-refractivity contribution in [3.8, 4) is 0 Å². The number of methoxy groups -OCH3 is 1. The number of esters is 1. The molecule has 1 rings (SSSR count). The minimum Gasteiger partial charge on any atom is -0.468 e. The Balaban J connectivity index is 2.37. The predicted molar refractivity (Wildman–Crippen MR) is 84.8 cm³/mol. The first kappa shape index (κ1) is 17.0. The SMILES string of the molecule is COC(=O)C(N)CSCC(=O)Nc1ccc(Br)c(C)c1. The van der Waals surface area contributed by atoms with Crippen molar-refractivity contribution in [1.82, 2.24) is 0 Å². The van der Waals surface area contributed by atoms with Crippen LogP contribution < -0.4 is 11.1 Å². The van der Waals surface area contributed by atoms with Gasteiger partial charge in [0.05, 0.1) is 12.9 Å².